The lowest BCUT2D eigenvalue weighted by molar-refractivity contribution is -0.140. The third-order valence-electron chi connectivity index (χ3n) is 3.34. The molecule has 0 amide bonds. The van der Waals surface area contributed by atoms with E-state index in [-0.39, 0.29) is 37.8 Å². The van der Waals surface area contributed by atoms with Gasteiger partial charge < -0.3 is 15.2 Å². The lowest BCUT2D eigenvalue weighted by Gasteiger charge is -2.24. The average Bonchev–Trinajstić information content (AvgIpc) is 2.90. The Hall–Kier alpha value is -0.700. The number of aliphatic hydroxyl groups excluding tert-OH is 1. The quantitative estimate of drug-likeness (QED) is 0.548. The maximum absolute atomic E-state index is 12.2. The first kappa shape index (κ1) is 17.4. The number of sulfonamides is 1. The summed E-state index contributed by atoms with van der Waals surface area (Å²) < 4.78 is 30.2. The van der Waals surface area contributed by atoms with Gasteiger partial charge in [0, 0.05) is 25.6 Å². The van der Waals surface area contributed by atoms with Crippen molar-refractivity contribution < 1.29 is 23.1 Å². The Kier molecular flexibility index (Phi) is 7.42. The first-order valence-electron chi connectivity index (χ1n) is 6.88. The van der Waals surface area contributed by atoms with Crippen molar-refractivity contribution in [2.45, 2.75) is 31.7 Å². The van der Waals surface area contributed by atoms with E-state index in [0.29, 0.717) is 6.54 Å². The summed E-state index contributed by atoms with van der Waals surface area (Å²) in [5.41, 5.74) is 0. The molecule has 0 aromatic heterocycles. The zero-order valence-electron chi connectivity index (χ0n) is 11.9. The SMILES string of the molecule is COC(=O)CCCS(=O)(=O)N(CCO)CC1CCCN1. The zero-order valence-corrected chi connectivity index (χ0v) is 12.7. The molecule has 1 rings (SSSR count). The maximum Gasteiger partial charge on any atom is 0.305 e. The zero-order chi connectivity index (χ0) is 15.0. The van der Waals surface area contributed by atoms with Crippen molar-refractivity contribution >= 4 is 16.0 Å². The molecule has 1 unspecified atom stereocenters. The lowest BCUT2D eigenvalue weighted by atomic mass is 10.2. The van der Waals surface area contributed by atoms with Crippen molar-refractivity contribution in [3.05, 3.63) is 0 Å². The maximum atomic E-state index is 12.2. The number of nitrogens with one attached hydrogen (secondary N) is 1. The highest BCUT2D eigenvalue weighted by atomic mass is 32.2. The summed E-state index contributed by atoms with van der Waals surface area (Å²) in [6.45, 7) is 1.17. The van der Waals surface area contributed by atoms with Gasteiger partial charge in [0.15, 0.2) is 0 Å². The molecular formula is C12H24N2O5S. The minimum absolute atomic E-state index is 0.0877. The fourth-order valence-corrected chi connectivity index (χ4v) is 3.78. The molecule has 8 heteroatoms. The summed E-state index contributed by atoms with van der Waals surface area (Å²) in [5.74, 6) is -0.513. The monoisotopic (exact) mass is 308 g/mol. The van der Waals surface area contributed by atoms with Crippen LogP contribution >= 0.6 is 0 Å². The number of carbonyl (C=O) groups is 1. The number of rotatable bonds is 9. The van der Waals surface area contributed by atoms with Crippen LogP contribution in [0.3, 0.4) is 0 Å². The molecule has 20 heavy (non-hydrogen) atoms. The van der Waals surface area contributed by atoms with Gasteiger partial charge in [-0.15, -0.1) is 0 Å². The Bertz CT molecular complexity index is 393. The van der Waals surface area contributed by atoms with E-state index < -0.39 is 16.0 Å². The first-order chi connectivity index (χ1) is 9.49. The van der Waals surface area contributed by atoms with Crippen LogP contribution in [-0.2, 0) is 19.6 Å². The Labute approximate surface area is 120 Å². The number of nitrogens with zero attached hydrogens (tertiary/aromatic N) is 1. The van der Waals surface area contributed by atoms with Crippen LogP contribution in [0, 0.1) is 0 Å². The number of carbonyl (C=O) groups excluding carboxylic acids is 1. The van der Waals surface area contributed by atoms with E-state index >= 15 is 0 Å². The van der Waals surface area contributed by atoms with Crippen molar-refractivity contribution in [3.8, 4) is 0 Å². The highest BCUT2D eigenvalue weighted by molar-refractivity contribution is 7.89. The third kappa shape index (κ3) is 5.74. The predicted octanol–water partition coefficient (Wildman–Crippen LogP) is -0.684. The largest absolute Gasteiger partial charge is 0.469 e. The van der Waals surface area contributed by atoms with Crippen molar-refractivity contribution in [1.82, 2.24) is 9.62 Å². The van der Waals surface area contributed by atoms with Crippen LogP contribution in [0.5, 0.6) is 0 Å². The molecular weight excluding hydrogens is 284 g/mol. The summed E-state index contributed by atoms with van der Waals surface area (Å²) >= 11 is 0. The van der Waals surface area contributed by atoms with Gasteiger partial charge in [-0.2, -0.15) is 4.31 Å². The topological polar surface area (TPSA) is 95.9 Å². The summed E-state index contributed by atoms with van der Waals surface area (Å²) in [6, 6.07) is 0.150. The van der Waals surface area contributed by atoms with Crippen LogP contribution in [0.4, 0.5) is 0 Å². The van der Waals surface area contributed by atoms with Crippen LogP contribution in [0.15, 0.2) is 0 Å². The van der Waals surface area contributed by atoms with Crippen LogP contribution in [0.2, 0.25) is 0 Å². The number of ether oxygens (including phenoxy) is 1. The normalized spacial score (nSPS) is 19.4. The van der Waals surface area contributed by atoms with E-state index in [0.717, 1.165) is 19.4 Å². The second-order valence-corrected chi connectivity index (χ2v) is 6.96. The Morgan fingerprint density at radius 2 is 2.25 bits per heavy atom. The standard InChI is InChI=1S/C12H24N2O5S/c1-19-12(16)5-3-9-20(17,18)14(7-8-15)10-11-4-2-6-13-11/h11,13,15H,2-10H2,1H3. The van der Waals surface area contributed by atoms with Gasteiger partial charge in [-0.1, -0.05) is 0 Å². The van der Waals surface area contributed by atoms with E-state index in [1.54, 1.807) is 0 Å². The lowest BCUT2D eigenvalue weighted by Crippen LogP contribution is -2.43. The molecule has 1 aliphatic heterocycles. The Morgan fingerprint density at radius 3 is 2.80 bits per heavy atom. The first-order valence-corrected chi connectivity index (χ1v) is 8.49. The molecule has 7 nitrogen and oxygen atoms in total. The minimum Gasteiger partial charge on any atom is -0.469 e. The smallest absolute Gasteiger partial charge is 0.305 e. The molecule has 1 atom stereocenters. The molecule has 0 radical (unpaired) electrons. The van der Waals surface area contributed by atoms with Crippen molar-refractivity contribution in [1.29, 1.82) is 0 Å². The van der Waals surface area contributed by atoms with Crippen LogP contribution in [0.25, 0.3) is 0 Å². The predicted molar refractivity (Wildman–Crippen MR) is 74.7 cm³/mol. The van der Waals surface area contributed by atoms with Gasteiger partial charge in [-0.3, -0.25) is 4.79 Å². The fourth-order valence-electron chi connectivity index (χ4n) is 2.24. The van der Waals surface area contributed by atoms with E-state index in [9.17, 15) is 13.2 Å². The van der Waals surface area contributed by atoms with Crippen LogP contribution in [0.1, 0.15) is 25.7 Å². The molecule has 1 fully saturated rings. The number of hydrogen-bond donors (Lipinski definition) is 2. The van der Waals surface area contributed by atoms with Gasteiger partial charge in [-0.05, 0) is 25.8 Å². The van der Waals surface area contributed by atoms with Gasteiger partial charge in [0.25, 0.3) is 0 Å². The van der Waals surface area contributed by atoms with Crippen molar-refractivity contribution in [3.63, 3.8) is 0 Å². The molecule has 0 aromatic rings. The molecule has 1 saturated heterocycles. The molecule has 0 bridgehead atoms. The molecule has 1 heterocycles. The van der Waals surface area contributed by atoms with Gasteiger partial charge in [-0.25, -0.2) is 8.42 Å². The molecule has 118 valence electrons. The third-order valence-corrected chi connectivity index (χ3v) is 5.26. The van der Waals surface area contributed by atoms with Gasteiger partial charge in [0.1, 0.15) is 0 Å². The molecule has 0 aromatic carbocycles. The molecule has 0 saturated carbocycles. The molecule has 0 aliphatic carbocycles. The number of aliphatic hydroxyl groups is 1. The summed E-state index contributed by atoms with van der Waals surface area (Å²) in [7, 11) is -2.17. The molecule has 1 aliphatic rings. The summed E-state index contributed by atoms with van der Waals surface area (Å²) in [5, 5.41) is 12.3. The number of hydrogen-bond acceptors (Lipinski definition) is 6. The molecule has 0 spiro atoms. The van der Waals surface area contributed by atoms with E-state index in [2.05, 4.69) is 10.1 Å². The van der Waals surface area contributed by atoms with Crippen molar-refractivity contribution in [2.75, 3.05) is 39.1 Å². The van der Waals surface area contributed by atoms with Crippen LogP contribution in [-0.4, -0.2) is 68.9 Å². The van der Waals surface area contributed by atoms with Gasteiger partial charge >= 0.3 is 5.97 Å². The number of esters is 1. The minimum atomic E-state index is -3.45. The van der Waals surface area contributed by atoms with Crippen LogP contribution < -0.4 is 5.32 Å². The van der Waals surface area contributed by atoms with Crippen molar-refractivity contribution in [2.24, 2.45) is 0 Å². The summed E-state index contributed by atoms with van der Waals surface area (Å²) in [6.07, 6.45) is 2.30. The Morgan fingerprint density at radius 1 is 1.50 bits per heavy atom. The second-order valence-electron chi connectivity index (χ2n) is 4.87. The second kappa shape index (κ2) is 8.56. The van der Waals surface area contributed by atoms with E-state index in [1.807, 2.05) is 0 Å². The van der Waals surface area contributed by atoms with Gasteiger partial charge in [0.2, 0.25) is 10.0 Å². The van der Waals surface area contributed by atoms with E-state index in [1.165, 1.54) is 11.4 Å². The summed E-state index contributed by atoms with van der Waals surface area (Å²) in [4.78, 5) is 11.0. The van der Waals surface area contributed by atoms with E-state index in [4.69, 9.17) is 5.11 Å². The average molecular weight is 308 g/mol. The van der Waals surface area contributed by atoms with Gasteiger partial charge in [0.05, 0.1) is 19.5 Å². The highest BCUT2D eigenvalue weighted by Gasteiger charge is 2.26. The fraction of sp³-hybridized carbons (Fsp3) is 0.917. The highest BCUT2D eigenvalue weighted by Crippen LogP contribution is 2.11. The molecule has 2 N–H and O–H groups in total. The Balaban J connectivity index is 2.51. The number of methoxy groups -OCH3 is 1.